The average Bonchev–Trinajstić information content (AvgIpc) is 2.43. The molecule has 0 aliphatic carbocycles. The van der Waals surface area contributed by atoms with Gasteiger partial charge in [-0.25, -0.2) is 4.79 Å². The van der Waals surface area contributed by atoms with Crippen molar-refractivity contribution in [2.45, 2.75) is 13.0 Å². The third kappa shape index (κ3) is 2.73. The van der Waals surface area contributed by atoms with Gasteiger partial charge in [-0.05, 0) is 19.1 Å². The highest BCUT2D eigenvalue weighted by molar-refractivity contribution is 6.41. The molecule has 0 saturated carbocycles. The highest BCUT2D eigenvalue weighted by atomic mass is 16.5. The Balaban J connectivity index is 2.21. The first-order valence-corrected chi connectivity index (χ1v) is 5.97. The van der Waals surface area contributed by atoms with Crippen LogP contribution in [0.15, 0.2) is 30.3 Å². The van der Waals surface area contributed by atoms with Crippen molar-refractivity contribution in [3.8, 4) is 0 Å². The van der Waals surface area contributed by atoms with Crippen LogP contribution < -0.4 is 10.2 Å². The minimum Gasteiger partial charge on any atom is -0.464 e. The lowest BCUT2D eigenvalue weighted by atomic mass is 10.1. The Hall–Kier alpha value is -2.37. The number of benzene rings is 1. The van der Waals surface area contributed by atoms with Gasteiger partial charge >= 0.3 is 17.8 Å². The van der Waals surface area contributed by atoms with Gasteiger partial charge in [0.2, 0.25) is 0 Å². The third-order valence-corrected chi connectivity index (χ3v) is 2.75. The van der Waals surface area contributed by atoms with Crippen LogP contribution in [0.2, 0.25) is 0 Å². The van der Waals surface area contributed by atoms with Crippen LogP contribution in [0.1, 0.15) is 6.92 Å². The van der Waals surface area contributed by atoms with Crippen LogP contribution in [0.3, 0.4) is 0 Å². The zero-order valence-corrected chi connectivity index (χ0v) is 10.5. The number of amides is 2. The summed E-state index contributed by atoms with van der Waals surface area (Å²) >= 11 is 0. The van der Waals surface area contributed by atoms with Crippen molar-refractivity contribution in [2.75, 3.05) is 18.1 Å². The van der Waals surface area contributed by atoms with Gasteiger partial charge < -0.3 is 15.0 Å². The smallest absolute Gasteiger partial charge is 0.330 e. The number of carbonyl (C=O) groups excluding carboxylic acids is 3. The van der Waals surface area contributed by atoms with E-state index in [1.807, 2.05) is 0 Å². The Morgan fingerprint density at radius 2 is 2.05 bits per heavy atom. The molecule has 1 saturated heterocycles. The van der Waals surface area contributed by atoms with Crippen LogP contribution in [0, 0.1) is 0 Å². The molecule has 1 aliphatic heterocycles. The van der Waals surface area contributed by atoms with Crippen molar-refractivity contribution in [3.05, 3.63) is 30.3 Å². The zero-order valence-electron chi connectivity index (χ0n) is 10.5. The number of nitrogens with one attached hydrogen (secondary N) is 1. The summed E-state index contributed by atoms with van der Waals surface area (Å²) in [6, 6.07) is 7.91. The van der Waals surface area contributed by atoms with Gasteiger partial charge in [-0.2, -0.15) is 0 Å². The van der Waals surface area contributed by atoms with Crippen molar-refractivity contribution in [1.29, 1.82) is 0 Å². The molecule has 1 heterocycles. The normalized spacial score (nSPS) is 19.0. The van der Waals surface area contributed by atoms with Gasteiger partial charge in [0.1, 0.15) is 6.04 Å². The summed E-state index contributed by atoms with van der Waals surface area (Å²) in [4.78, 5) is 36.3. The molecule has 0 radical (unpaired) electrons. The molecule has 1 aliphatic rings. The van der Waals surface area contributed by atoms with E-state index in [1.165, 1.54) is 4.90 Å². The molecule has 0 spiro atoms. The Morgan fingerprint density at radius 1 is 1.37 bits per heavy atom. The summed E-state index contributed by atoms with van der Waals surface area (Å²) in [7, 11) is 0. The quantitative estimate of drug-likeness (QED) is 0.618. The van der Waals surface area contributed by atoms with E-state index in [9.17, 15) is 14.4 Å². The van der Waals surface area contributed by atoms with Gasteiger partial charge in [-0.1, -0.05) is 18.2 Å². The molecule has 1 aromatic carbocycles. The third-order valence-electron chi connectivity index (χ3n) is 2.75. The molecular formula is C13H14N2O4. The van der Waals surface area contributed by atoms with E-state index in [2.05, 4.69) is 5.32 Å². The van der Waals surface area contributed by atoms with Crippen molar-refractivity contribution < 1.29 is 19.1 Å². The number of hydrogen-bond acceptors (Lipinski definition) is 4. The van der Waals surface area contributed by atoms with Gasteiger partial charge in [0.25, 0.3) is 0 Å². The summed E-state index contributed by atoms with van der Waals surface area (Å²) in [6.45, 7) is 1.99. The van der Waals surface area contributed by atoms with Gasteiger partial charge in [-0.3, -0.25) is 9.59 Å². The highest BCUT2D eigenvalue weighted by Crippen LogP contribution is 2.16. The van der Waals surface area contributed by atoms with Crippen molar-refractivity contribution in [2.24, 2.45) is 0 Å². The van der Waals surface area contributed by atoms with Crippen molar-refractivity contribution in [3.63, 3.8) is 0 Å². The molecule has 19 heavy (non-hydrogen) atoms. The van der Waals surface area contributed by atoms with E-state index >= 15 is 0 Å². The topological polar surface area (TPSA) is 75.7 Å². The first kappa shape index (κ1) is 13.1. The number of hydrogen-bond donors (Lipinski definition) is 1. The second-order valence-corrected chi connectivity index (χ2v) is 4.03. The molecule has 0 aromatic heterocycles. The fourth-order valence-electron chi connectivity index (χ4n) is 1.86. The van der Waals surface area contributed by atoms with Crippen molar-refractivity contribution in [1.82, 2.24) is 5.32 Å². The van der Waals surface area contributed by atoms with Crippen LogP contribution in [-0.4, -0.2) is 37.0 Å². The van der Waals surface area contributed by atoms with Crippen LogP contribution in [0.25, 0.3) is 0 Å². The molecule has 1 N–H and O–H groups in total. The Labute approximate surface area is 110 Å². The van der Waals surface area contributed by atoms with E-state index in [0.29, 0.717) is 5.69 Å². The number of esters is 1. The molecule has 0 bridgehead atoms. The summed E-state index contributed by atoms with van der Waals surface area (Å²) in [5.74, 6) is -2.01. The maximum absolute atomic E-state index is 11.8. The van der Waals surface area contributed by atoms with E-state index < -0.39 is 23.8 Å². The Kier molecular flexibility index (Phi) is 3.79. The summed E-state index contributed by atoms with van der Waals surface area (Å²) in [5.41, 5.74) is 0.580. The number of nitrogens with zero attached hydrogens (tertiary/aromatic N) is 1. The number of ether oxygens (including phenoxy) is 1. The lowest BCUT2D eigenvalue weighted by molar-refractivity contribution is -0.149. The summed E-state index contributed by atoms with van der Waals surface area (Å²) in [5, 5.41) is 2.35. The molecule has 100 valence electrons. The summed E-state index contributed by atoms with van der Waals surface area (Å²) < 4.78 is 4.86. The lowest BCUT2D eigenvalue weighted by Crippen LogP contribution is -2.60. The SMILES string of the molecule is CCOC(=O)[C@H]1CN(c2ccccc2)C(=O)C(=O)N1. The average molecular weight is 262 g/mol. The fourth-order valence-corrected chi connectivity index (χ4v) is 1.86. The fraction of sp³-hybridized carbons (Fsp3) is 0.308. The predicted molar refractivity (Wildman–Crippen MR) is 67.4 cm³/mol. The second-order valence-electron chi connectivity index (χ2n) is 4.03. The first-order chi connectivity index (χ1) is 9.13. The predicted octanol–water partition coefficient (Wildman–Crippen LogP) is 0.0811. The molecule has 2 rings (SSSR count). The molecule has 2 amide bonds. The Bertz CT molecular complexity index is 501. The number of para-hydroxylation sites is 1. The molecule has 6 heteroatoms. The molecule has 1 aromatic rings. The first-order valence-electron chi connectivity index (χ1n) is 5.97. The minimum absolute atomic E-state index is 0.0768. The minimum atomic E-state index is -0.828. The van der Waals surface area contributed by atoms with Crippen LogP contribution in [0.5, 0.6) is 0 Å². The monoisotopic (exact) mass is 262 g/mol. The van der Waals surface area contributed by atoms with Gasteiger partial charge in [-0.15, -0.1) is 0 Å². The molecule has 0 unspecified atom stereocenters. The maximum Gasteiger partial charge on any atom is 0.330 e. The number of rotatable bonds is 3. The standard InChI is InChI=1S/C13H14N2O4/c1-2-19-13(18)10-8-15(12(17)11(16)14-10)9-6-4-3-5-7-9/h3-7,10H,2,8H2,1H3,(H,14,16)/t10-/m1/s1. The zero-order chi connectivity index (χ0) is 13.8. The van der Waals surface area contributed by atoms with Crippen LogP contribution in [-0.2, 0) is 19.1 Å². The molecule has 1 fully saturated rings. The van der Waals surface area contributed by atoms with Crippen LogP contribution >= 0.6 is 0 Å². The van der Waals surface area contributed by atoms with E-state index in [0.717, 1.165) is 0 Å². The van der Waals surface area contributed by atoms with E-state index in [1.54, 1.807) is 37.3 Å². The van der Waals surface area contributed by atoms with Gasteiger partial charge in [0.15, 0.2) is 0 Å². The lowest BCUT2D eigenvalue weighted by Gasteiger charge is -2.31. The van der Waals surface area contributed by atoms with Gasteiger partial charge in [0.05, 0.1) is 13.2 Å². The number of piperazine rings is 1. The molecular weight excluding hydrogens is 248 g/mol. The maximum atomic E-state index is 11.8. The molecule has 1 atom stereocenters. The largest absolute Gasteiger partial charge is 0.464 e. The number of carbonyl (C=O) groups is 3. The molecule has 6 nitrogen and oxygen atoms in total. The van der Waals surface area contributed by atoms with E-state index in [-0.39, 0.29) is 13.2 Å². The summed E-state index contributed by atoms with van der Waals surface area (Å²) in [6.07, 6.45) is 0. The number of anilines is 1. The Morgan fingerprint density at radius 3 is 2.68 bits per heavy atom. The van der Waals surface area contributed by atoms with Crippen LogP contribution in [0.4, 0.5) is 5.69 Å². The van der Waals surface area contributed by atoms with Crippen molar-refractivity contribution >= 4 is 23.5 Å². The second kappa shape index (κ2) is 5.51. The van der Waals surface area contributed by atoms with Gasteiger partial charge in [0, 0.05) is 5.69 Å². The highest BCUT2D eigenvalue weighted by Gasteiger charge is 2.37. The van der Waals surface area contributed by atoms with E-state index in [4.69, 9.17) is 4.74 Å².